The molecular formula is C11H15NO4. The standard InChI is InChI=1S/C11H15NO4/c1-7(16-2)6-12-11(15)8-4-3-5-9(13)10(8)14/h3-5,7,13-14H,6H2,1-2H3,(H,12,15). The van der Waals surface area contributed by atoms with Gasteiger partial charge in [-0.1, -0.05) is 6.07 Å². The highest BCUT2D eigenvalue weighted by Gasteiger charge is 2.14. The highest BCUT2D eigenvalue weighted by molar-refractivity contribution is 5.97. The van der Waals surface area contributed by atoms with Crippen LogP contribution in [0.5, 0.6) is 11.5 Å². The minimum atomic E-state index is -0.447. The van der Waals surface area contributed by atoms with E-state index in [1.807, 2.05) is 6.92 Å². The molecule has 0 aliphatic rings. The molecule has 0 spiro atoms. The molecular weight excluding hydrogens is 210 g/mol. The molecule has 0 radical (unpaired) electrons. The Kier molecular flexibility index (Phi) is 4.13. The maximum atomic E-state index is 11.6. The van der Waals surface area contributed by atoms with Crippen LogP contribution >= 0.6 is 0 Å². The summed E-state index contributed by atoms with van der Waals surface area (Å²) in [5, 5.41) is 21.2. The first-order valence-electron chi connectivity index (χ1n) is 4.88. The normalized spacial score (nSPS) is 12.1. The number of phenols is 2. The van der Waals surface area contributed by atoms with E-state index in [1.54, 1.807) is 7.11 Å². The number of benzene rings is 1. The summed E-state index contributed by atoms with van der Waals surface area (Å²) in [5.74, 6) is -1.17. The number of hydrogen-bond acceptors (Lipinski definition) is 4. The van der Waals surface area contributed by atoms with E-state index in [4.69, 9.17) is 4.74 Å². The lowest BCUT2D eigenvalue weighted by atomic mass is 10.1. The molecule has 1 atom stereocenters. The fourth-order valence-corrected chi connectivity index (χ4v) is 1.13. The number of carbonyl (C=O) groups excluding carboxylic acids is 1. The van der Waals surface area contributed by atoms with E-state index in [0.717, 1.165) is 0 Å². The average Bonchev–Trinajstić information content (AvgIpc) is 2.29. The van der Waals surface area contributed by atoms with Gasteiger partial charge in [0.25, 0.3) is 5.91 Å². The topological polar surface area (TPSA) is 78.8 Å². The van der Waals surface area contributed by atoms with Gasteiger partial charge < -0.3 is 20.3 Å². The Bertz CT molecular complexity index is 378. The highest BCUT2D eigenvalue weighted by Crippen LogP contribution is 2.27. The smallest absolute Gasteiger partial charge is 0.255 e. The van der Waals surface area contributed by atoms with Crippen molar-refractivity contribution in [1.29, 1.82) is 0 Å². The predicted octanol–water partition coefficient (Wildman–Crippen LogP) is 0.862. The maximum Gasteiger partial charge on any atom is 0.255 e. The summed E-state index contributed by atoms with van der Waals surface area (Å²) in [7, 11) is 1.54. The van der Waals surface area contributed by atoms with E-state index in [-0.39, 0.29) is 17.4 Å². The van der Waals surface area contributed by atoms with Crippen LogP contribution in [0.4, 0.5) is 0 Å². The quantitative estimate of drug-likeness (QED) is 0.664. The van der Waals surface area contributed by atoms with Gasteiger partial charge in [0.05, 0.1) is 11.7 Å². The molecule has 1 amide bonds. The van der Waals surface area contributed by atoms with Crippen molar-refractivity contribution in [3.63, 3.8) is 0 Å². The third kappa shape index (κ3) is 2.87. The van der Waals surface area contributed by atoms with Crippen molar-refractivity contribution in [3.05, 3.63) is 23.8 Å². The van der Waals surface area contributed by atoms with E-state index in [0.29, 0.717) is 6.54 Å². The molecule has 0 heterocycles. The van der Waals surface area contributed by atoms with Crippen molar-refractivity contribution >= 4 is 5.91 Å². The summed E-state index contributed by atoms with van der Waals surface area (Å²) in [5.41, 5.74) is 0.0447. The molecule has 5 heteroatoms. The Morgan fingerprint density at radius 3 is 2.81 bits per heavy atom. The molecule has 5 nitrogen and oxygen atoms in total. The number of methoxy groups -OCH3 is 1. The van der Waals surface area contributed by atoms with Gasteiger partial charge in [0.15, 0.2) is 11.5 Å². The molecule has 0 fully saturated rings. The van der Waals surface area contributed by atoms with Gasteiger partial charge in [0.1, 0.15) is 0 Å². The zero-order valence-corrected chi connectivity index (χ0v) is 9.23. The second-order valence-electron chi connectivity index (χ2n) is 3.43. The minimum absolute atomic E-state index is 0.0447. The van der Waals surface area contributed by atoms with Crippen molar-refractivity contribution in [1.82, 2.24) is 5.32 Å². The molecule has 1 unspecified atom stereocenters. The van der Waals surface area contributed by atoms with Crippen LogP contribution in [0.3, 0.4) is 0 Å². The summed E-state index contributed by atoms with van der Waals surface area (Å²) in [4.78, 5) is 11.6. The summed E-state index contributed by atoms with van der Waals surface area (Å²) < 4.78 is 4.96. The molecule has 0 saturated heterocycles. The van der Waals surface area contributed by atoms with Gasteiger partial charge in [-0.2, -0.15) is 0 Å². The largest absolute Gasteiger partial charge is 0.504 e. The lowest BCUT2D eigenvalue weighted by Gasteiger charge is -2.11. The van der Waals surface area contributed by atoms with Gasteiger partial charge in [0.2, 0.25) is 0 Å². The summed E-state index contributed by atoms with van der Waals surface area (Å²) in [6, 6.07) is 4.23. The SMILES string of the molecule is COC(C)CNC(=O)c1cccc(O)c1O. The van der Waals surface area contributed by atoms with E-state index >= 15 is 0 Å². The number of para-hydroxylation sites is 1. The molecule has 1 aromatic carbocycles. The summed E-state index contributed by atoms with van der Waals surface area (Å²) in [6.07, 6.45) is -0.108. The fourth-order valence-electron chi connectivity index (χ4n) is 1.13. The van der Waals surface area contributed by atoms with Gasteiger partial charge in [-0.25, -0.2) is 0 Å². The Labute approximate surface area is 93.7 Å². The van der Waals surface area contributed by atoms with Crippen molar-refractivity contribution < 1.29 is 19.7 Å². The Hall–Kier alpha value is -1.75. The fraction of sp³-hybridized carbons (Fsp3) is 0.364. The summed E-state index contributed by atoms with van der Waals surface area (Å²) in [6.45, 7) is 2.15. The first-order chi connectivity index (χ1) is 7.56. The number of ether oxygens (including phenoxy) is 1. The van der Waals surface area contributed by atoms with Crippen LogP contribution in [-0.2, 0) is 4.74 Å². The molecule has 0 saturated carbocycles. The number of amides is 1. The van der Waals surface area contributed by atoms with E-state index in [1.165, 1.54) is 18.2 Å². The van der Waals surface area contributed by atoms with Crippen LogP contribution in [-0.4, -0.2) is 35.9 Å². The molecule has 0 aliphatic heterocycles. The van der Waals surface area contributed by atoms with Gasteiger partial charge in [0, 0.05) is 13.7 Å². The van der Waals surface area contributed by atoms with Crippen LogP contribution in [0.25, 0.3) is 0 Å². The average molecular weight is 225 g/mol. The molecule has 3 N–H and O–H groups in total. The molecule has 1 aromatic rings. The molecule has 0 aliphatic carbocycles. The molecule has 16 heavy (non-hydrogen) atoms. The Morgan fingerprint density at radius 1 is 1.50 bits per heavy atom. The van der Waals surface area contributed by atoms with Crippen LogP contribution in [0, 0.1) is 0 Å². The van der Waals surface area contributed by atoms with Crippen LogP contribution in [0.2, 0.25) is 0 Å². The first-order valence-corrected chi connectivity index (χ1v) is 4.88. The third-order valence-corrected chi connectivity index (χ3v) is 2.21. The number of carbonyl (C=O) groups is 1. The van der Waals surface area contributed by atoms with E-state index in [9.17, 15) is 15.0 Å². The van der Waals surface area contributed by atoms with Crippen LogP contribution < -0.4 is 5.32 Å². The predicted molar refractivity (Wildman–Crippen MR) is 58.6 cm³/mol. The van der Waals surface area contributed by atoms with Gasteiger partial charge >= 0.3 is 0 Å². The molecule has 88 valence electrons. The van der Waals surface area contributed by atoms with Crippen LogP contribution in [0.1, 0.15) is 17.3 Å². The van der Waals surface area contributed by atoms with E-state index in [2.05, 4.69) is 5.32 Å². The first kappa shape index (κ1) is 12.3. The number of nitrogens with one attached hydrogen (secondary N) is 1. The highest BCUT2D eigenvalue weighted by atomic mass is 16.5. The maximum absolute atomic E-state index is 11.6. The second-order valence-corrected chi connectivity index (χ2v) is 3.43. The summed E-state index contributed by atoms with van der Waals surface area (Å²) >= 11 is 0. The van der Waals surface area contributed by atoms with Crippen molar-refractivity contribution in [2.45, 2.75) is 13.0 Å². The number of phenolic OH excluding ortho intramolecular Hbond substituents is 2. The van der Waals surface area contributed by atoms with Gasteiger partial charge in [-0.15, -0.1) is 0 Å². The zero-order valence-electron chi connectivity index (χ0n) is 9.23. The molecule has 0 aromatic heterocycles. The third-order valence-electron chi connectivity index (χ3n) is 2.21. The van der Waals surface area contributed by atoms with Crippen LogP contribution in [0.15, 0.2) is 18.2 Å². The Balaban J connectivity index is 2.70. The number of rotatable bonds is 4. The lowest BCUT2D eigenvalue weighted by molar-refractivity contribution is 0.0867. The van der Waals surface area contributed by atoms with E-state index < -0.39 is 11.7 Å². The lowest BCUT2D eigenvalue weighted by Crippen LogP contribution is -2.31. The van der Waals surface area contributed by atoms with Crippen molar-refractivity contribution in [3.8, 4) is 11.5 Å². The molecule has 0 bridgehead atoms. The Morgan fingerprint density at radius 2 is 2.19 bits per heavy atom. The monoisotopic (exact) mass is 225 g/mol. The zero-order chi connectivity index (χ0) is 12.1. The number of aromatic hydroxyl groups is 2. The second kappa shape index (κ2) is 5.37. The van der Waals surface area contributed by atoms with Crippen molar-refractivity contribution in [2.24, 2.45) is 0 Å². The van der Waals surface area contributed by atoms with Crippen molar-refractivity contribution in [2.75, 3.05) is 13.7 Å². The number of hydrogen-bond donors (Lipinski definition) is 3. The van der Waals surface area contributed by atoms with Gasteiger partial charge in [-0.05, 0) is 19.1 Å². The van der Waals surface area contributed by atoms with Gasteiger partial charge in [-0.3, -0.25) is 4.79 Å². The molecule has 1 rings (SSSR count). The minimum Gasteiger partial charge on any atom is -0.504 e.